The van der Waals surface area contributed by atoms with E-state index >= 15 is 0 Å². The number of benzene rings is 1. The molecule has 0 saturated carbocycles. The molecule has 0 atom stereocenters. The maximum absolute atomic E-state index is 4.47. The smallest absolute Gasteiger partial charge is 0.245 e. The second-order valence-electron chi connectivity index (χ2n) is 4.72. The van der Waals surface area contributed by atoms with Crippen LogP contribution in [0.1, 0.15) is 5.56 Å². The van der Waals surface area contributed by atoms with E-state index in [1.54, 1.807) is 6.20 Å². The second-order valence-corrected chi connectivity index (χ2v) is 4.72. The van der Waals surface area contributed by atoms with Crippen LogP contribution in [-0.2, 0) is 6.54 Å². The standard InChI is InChI=1S/C15H12N6/c1-2-6-12-11(5-1)13-14(18-12)19-15(21-20-13)17-9-10-4-3-7-16-8-10/h1-8H,9H2,(H2,17,18,19,21). The summed E-state index contributed by atoms with van der Waals surface area (Å²) < 4.78 is 0. The molecule has 0 bridgehead atoms. The third-order valence-electron chi connectivity index (χ3n) is 3.30. The molecule has 1 aromatic carbocycles. The van der Waals surface area contributed by atoms with Gasteiger partial charge in [0.2, 0.25) is 5.95 Å². The molecule has 0 aliphatic heterocycles. The van der Waals surface area contributed by atoms with Gasteiger partial charge < -0.3 is 10.3 Å². The molecule has 4 aromatic rings. The first-order valence-electron chi connectivity index (χ1n) is 6.64. The average molecular weight is 276 g/mol. The zero-order chi connectivity index (χ0) is 14.1. The van der Waals surface area contributed by atoms with Gasteiger partial charge in [-0.25, -0.2) is 0 Å². The van der Waals surface area contributed by atoms with Crippen molar-refractivity contribution < 1.29 is 0 Å². The van der Waals surface area contributed by atoms with Crippen LogP contribution in [0.5, 0.6) is 0 Å². The number of anilines is 1. The fraction of sp³-hybridized carbons (Fsp3) is 0.0667. The van der Waals surface area contributed by atoms with E-state index in [0.29, 0.717) is 12.5 Å². The van der Waals surface area contributed by atoms with Gasteiger partial charge in [-0.2, -0.15) is 4.98 Å². The van der Waals surface area contributed by atoms with E-state index in [2.05, 4.69) is 30.5 Å². The van der Waals surface area contributed by atoms with E-state index in [1.807, 2.05) is 42.6 Å². The lowest BCUT2D eigenvalue weighted by molar-refractivity contribution is 0.979. The molecule has 0 fully saturated rings. The highest BCUT2D eigenvalue weighted by atomic mass is 15.2. The maximum Gasteiger partial charge on any atom is 0.245 e. The summed E-state index contributed by atoms with van der Waals surface area (Å²) in [5, 5.41) is 12.6. The van der Waals surface area contributed by atoms with Gasteiger partial charge in [-0.05, 0) is 17.7 Å². The molecule has 2 N–H and O–H groups in total. The third kappa shape index (κ3) is 2.16. The van der Waals surface area contributed by atoms with Crippen LogP contribution in [0.25, 0.3) is 22.1 Å². The lowest BCUT2D eigenvalue weighted by atomic mass is 10.2. The summed E-state index contributed by atoms with van der Waals surface area (Å²) in [5.74, 6) is 0.498. The highest BCUT2D eigenvalue weighted by molar-refractivity contribution is 6.03. The number of nitrogens with zero attached hydrogens (tertiary/aromatic N) is 4. The molecular weight excluding hydrogens is 264 g/mol. The molecule has 6 heteroatoms. The highest BCUT2D eigenvalue weighted by Gasteiger charge is 2.08. The number of nitrogens with one attached hydrogen (secondary N) is 2. The van der Waals surface area contributed by atoms with E-state index in [4.69, 9.17) is 0 Å². The molecule has 0 unspecified atom stereocenters. The van der Waals surface area contributed by atoms with Crippen LogP contribution in [0, 0.1) is 0 Å². The molecule has 0 aliphatic rings. The Kier molecular flexibility index (Phi) is 2.71. The van der Waals surface area contributed by atoms with E-state index in [0.717, 1.165) is 27.6 Å². The number of hydrogen-bond donors (Lipinski definition) is 2. The van der Waals surface area contributed by atoms with Crippen molar-refractivity contribution in [1.82, 2.24) is 25.1 Å². The molecule has 102 valence electrons. The lowest BCUT2D eigenvalue weighted by Gasteiger charge is -2.03. The lowest BCUT2D eigenvalue weighted by Crippen LogP contribution is -2.04. The summed E-state index contributed by atoms with van der Waals surface area (Å²) in [6.45, 7) is 0.612. The van der Waals surface area contributed by atoms with Gasteiger partial charge in [0.05, 0.1) is 0 Å². The van der Waals surface area contributed by atoms with Crippen molar-refractivity contribution in [3.8, 4) is 0 Å². The van der Waals surface area contributed by atoms with Crippen LogP contribution in [0.15, 0.2) is 48.8 Å². The zero-order valence-corrected chi connectivity index (χ0v) is 11.1. The predicted molar refractivity (Wildman–Crippen MR) is 80.8 cm³/mol. The van der Waals surface area contributed by atoms with Gasteiger partial charge >= 0.3 is 0 Å². The Bertz CT molecular complexity index is 900. The fourth-order valence-corrected chi connectivity index (χ4v) is 2.28. The molecule has 3 aromatic heterocycles. The summed E-state index contributed by atoms with van der Waals surface area (Å²) in [7, 11) is 0. The van der Waals surface area contributed by atoms with Crippen molar-refractivity contribution >= 4 is 28.0 Å². The van der Waals surface area contributed by atoms with E-state index in [1.165, 1.54) is 0 Å². The monoisotopic (exact) mass is 276 g/mol. The van der Waals surface area contributed by atoms with Gasteiger partial charge in [-0.15, -0.1) is 10.2 Å². The Morgan fingerprint density at radius 3 is 2.90 bits per heavy atom. The number of aromatic nitrogens is 5. The molecule has 21 heavy (non-hydrogen) atoms. The molecule has 4 rings (SSSR count). The summed E-state index contributed by atoms with van der Waals surface area (Å²) in [4.78, 5) is 11.8. The van der Waals surface area contributed by atoms with Crippen LogP contribution >= 0.6 is 0 Å². The molecular formula is C15H12N6. The minimum atomic E-state index is 0.498. The van der Waals surface area contributed by atoms with Crippen molar-refractivity contribution in [3.05, 3.63) is 54.4 Å². The first-order valence-corrected chi connectivity index (χ1v) is 6.64. The Morgan fingerprint density at radius 1 is 1.05 bits per heavy atom. The number of pyridine rings is 1. The number of para-hydroxylation sites is 1. The quantitative estimate of drug-likeness (QED) is 0.601. The molecule has 0 saturated heterocycles. The van der Waals surface area contributed by atoms with Crippen molar-refractivity contribution in [2.75, 3.05) is 5.32 Å². The highest BCUT2D eigenvalue weighted by Crippen LogP contribution is 2.21. The van der Waals surface area contributed by atoms with Crippen molar-refractivity contribution in [1.29, 1.82) is 0 Å². The molecule has 0 radical (unpaired) electrons. The Hall–Kier alpha value is -3.02. The minimum Gasteiger partial charge on any atom is -0.349 e. The molecule has 0 amide bonds. The third-order valence-corrected chi connectivity index (χ3v) is 3.30. The van der Waals surface area contributed by atoms with Crippen LogP contribution in [-0.4, -0.2) is 25.1 Å². The number of aromatic amines is 1. The van der Waals surface area contributed by atoms with E-state index < -0.39 is 0 Å². The molecule has 3 heterocycles. The summed E-state index contributed by atoms with van der Waals surface area (Å²) in [6, 6.07) is 11.9. The minimum absolute atomic E-state index is 0.498. The maximum atomic E-state index is 4.47. The zero-order valence-electron chi connectivity index (χ0n) is 11.1. The fourth-order valence-electron chi connectivity index (χ4n) is 2.28. The SMILES string of the molecule is c1cncc(CNc2nnc3c(n2)[nH]c2ccccc23)c1. The van der Waals surface area contributed by atoms with Crippen LogP contribution < -0.4 is 5.32 Å². The largest absolute Gasteiger partial charge is 0.349 e. The van der Waals surface area contributed by atoms with Crippen molar-refractivity contribution in [2.24, 2.45) is 0 Å². The number of H-pyrrole nitrogens is 1. The van der Waals surface area contributed by atoms with Gasteiger partial charge in [0.15, 0.2) is 5.65 Å². The molecule has 0 spiro atoms. The second kappa shape index (κ2) is 4.82. The van der Waals surface area contributed by atoms with E-state index in [-0.39, 0.29) is 0 Å². The first-order chi connectivity index (χ1) is 10.4. The molecule has 6 nitrogen and oxygen atoms in total. The van der Waals surface area contributed by atoms with Crippen LogP contribution in [0.4, 0.5) is 5.95 Å². The van der Waals surface area contributed by atoms with Crippen molar-refractivity contribution in [2.45, 2.75) is 6.54 Å². The Labute approximate surface area is 120 Å². The number of hydrogen-bond acceptors (Lipinski definition) is 5. The van der Waals surface area contributed by atoms with Crippen LogP contribution in [0.2, 0.25) is 0 Å². The summed E-state index contributed by atoms with van der Waals surface area (Å²) >= 11 is 0. The first kappa shape index (κ1) is 11.8. The topological polar surface area (TPSA) is 79.4 Å². The van der Waals surface area contributed by atoms with E-state index in [9.17, 15) is 0 Å². The Balaban J connectivity index is 1.66. The number of rotatable bonds is 3. The van der Waals surface area contributed by atoms with Gasteiger partial charge in [0.1, 0.15) is 5.52 Å². The van der Waals surface area contributed by atoms with Gasteiger partial charge in [-0.3, -0.25) is 4.98 Å². The summed E-state index contributed by atoms with van der Waals surface area (Å²) in [6.07, 6.45) is 3.56. The molecule has 0 aliphatic carbocycles. The van der Waals surface area contributed by atoms with Gasteiger partial charge in [0.25, 0.3) is 0 Å². The Morgan fingerprint density at radius 2 is 2.00 bits per heavy atom. The normalized spacial score (nSPS) is 11.0. The average Bonchev–Trinajstić information content (AvgIpc) is 2.91. The van der Waals surface area contributed by atoms with Crippen molar-refractivity contribution in [3.63, 3.8) is 0 Å². The summed E-state index contributed by atoms with van der Waals surface area (Å²) in [5.41, 5.74) is 3.61. The van der Waals surface area contributed by atoms with Gasteiger partial charge in [0, 0.05) is 29.8 Å². The predicted octanol–water partition coefficient (Wildman–Crippen LogP) is 2.51. The number of fused-ring (bicyclic) bond motifs is 3. The van der Waals surface area contributed by atoms with Crippen LogP contribution in [0.3, 0.4) is 0 Å². The van der Waals surface area contributed by atoms with Gasteiger partial charge in [-0.1, -0.05) is 24.3 Å².